The van der Waals surface area contributed by atoms with E-state index < -0.39 is 17.8 Å². The molecule has 3 aromatic carbocycles. The molecule has 2 amide bonds. The second kappa shape index (κ2) is 11.0. The van der Waals surface area contributed by atoms with Crippen molar-refractivity contribution >= 4 is 23.5 Å². The smallest absolute Gasteiger partial charge is 0.410 e. The van der Waals surface area contributed by atoms with Gasteiger partial charge in [0.1, 0.15) is 17.2 Å². The Bertz CT molecular complexity index is 1520. The van der Waals surface area contributed by atoms with Crippen LogP contribution in [0.2, 0.25) is 0 Å². The van der Waals surface area contributed by atoms with Crippen LogP contribution >= 0.6 is 11.3 Å². The van der Waals surface area contributed by atoms with Crippen molar-refractivity contribution in [1.29, 1.82) is 0 Å². The van der Waals surface area contributed by atoms with Crippen LogP contribution in [0.3, 0.4) is 0 Å². The highest BCUT2D eigenvalue weighted by Crippen LogP contribution is 2.44. The summed E-state index contributed by atoms with van der Waals surface area (Å²) in [4.78, 5) is 32.8. The lowest BCUT2D eigenvalue weighted by atomic mass is 9.98. The van der Waals surface area contributed by atoms with E-state index in [1.807, 2.05) is 80.7 Å². The minimum Gasteiger partial charge on any atom is -0.449 e. The molecule has 2 aliphatic rings. The van der Waals surface area contributed by atoms with E-state index in [0.717, 1.165) is 27.4 Å². The van der Waals surface area contributed by atoms with E-state index in [9.17, 15) is 9.59 Å². The Morgan fingerprint density at radius 3 is 2.24 bits per heavy atom. The standard InChI is InChI=1S/C33H33N3O4S/c1-33(2,3)40-32(38)36-18-22(17-29(36)30-35-28(20-41-30)21-11-5-4-6-12-21)34-31(37)39-19-27-25-15-9-7-13-23(25)24-14-8-10-16-26(24)27/h4-16,20,22,27,29H,17-19H2,1-3H3,(H,34,37)/t22-,29-/m0/s1. The van der Waals surface area contributed by atoms with Gasteiger partial charge in [-0.05, 0) is 49.4 Å². The van der Waals surface area contributed by atoms with E-state index in [0.29, 0.717) is 13.0 Å². The van der Waals surface area contributed by atoms with Crippen molar-refractivity contribution in [3.05, 3.63) is 100 Å². The van der Waals surface area contributed by atoms with E-state index in [1.165, 1.54) is 22.5 Å². The Morgan fingerprint density at radius 1 is 0.951 bits per heavy atom. The third-order valence-electron chi connectivity index (χ3n) is 7.47. The number of aromatic nitrogens is 1. The molecular weight excluding hydrogens is 534 g/mol. The first-order valence-corrected chi connectivity index (χ1v) is 14.8. The number of rotatable bonds is 5. The summed E-state index contributed by atoms with van der Waals surface area (Å²) in [5.41, 5.74) is 5.93. The molecule has 1 saturated heterocycles. The molecule has 1 fully saturated rings. The van der Waals surface area contributed by atoms with Gasteiger partial charge in [0, 0.05) is 23.4 Å². The van der Waals surface area contributed by atoms with Crippen molar-refractivity contribution in [3.8, 4) is 22.4 Å². The van der Waals surface area contributed by atoms with Gasteiger partial charge in [-0.3, -0.25) is 4.90 Å². The van der Waals surface area contributed by atoms with Crippen LogP contribution in [-0.2, 0) is 9.47 Å². The van der Waals surface area contributed by atoms with Crippen LogP contribution in [0.1, 0.15) is 55.3 Å². The molecule has 2 atom stereocenters. The molecule has 7 nitrogen and oxygen atoms in total. The monoisotopic (exact) mass is 567 g/mol. The number of carbonyl (C=O) groups excluding carboxylic acids is 2. The number of nitrogens with one attached hydrogen (secondary N) is 1. The fourth-order valence-electron chi connectivity index (χ4n) is 5.69. The van der Waals surface area contributed by atoms with Gasteiger partial charge in [0.2, 0.25) is 0 Å². The van der Waals surface area contributed by atoms with E-state index in [-0.39, 0.29) is 24.6 Å². The number of fused-ring (bicyclic) bond motifs is 3. The van der Waals surface area contributed by atoms with Crippen LogP contribution in [0.25, 0.3) is 22.4 Å². The van der Waals surface area contributed by atoms with Crippen molar-refractivity contribution in [2.45, 2.75) is 50.8 Å². The van der Waals surface area contributed by atoms with Gasteiger partial charge in [-0.25, -0.2) is 14.6 Å². The first-order chi connectivity index (χ1) is 19.8. The Kier molecular flexibility index (Phi) is 7.26. The van der Waals surface area contributed by atoms with Crippen molar-refractivity contribution in [2.75, 3.05) is 13.2 Å². The average molecular weight is 568 g/mol. The highest BCUT2D eigenvalue weighted by atomic mass is 32.1. The van der Waals surface area contributed by atoms with Gasteiger partial charge in [-0.2, -0.15) is 0 Å². The maximum atomic E-state index is 13.2. The molecule has 4 aromatic rings. The molecule has 0 radical (unpaired) electrons. The summed E-state index contributed by atoms with van der Waals surface area (Å²) in [7, 11) is 0. The third-order valence-corrected chi connectivity index (χ3v) is 8.42. The maximum absolute atomic E-state index is 13.2. The van der Waals surface area contributed by atoms with Crippen LogP contribution in [0.4, 0.5) is 9.59 Å². The Balaban J connectivity index is 1.15. The molecule has 210 valence electrons. The SMILES string of the molecule is CC(C)(C)OC(=O)N1C[C@@H](NC(=O)OCC2c3ccccc3-c3ccccc32)C[C@H]1c1nc(-c2ccccc2)cs1. The molecule has 0 unspecified atom stereocenters. The number of nitrogens with zero attached hydrogens (tertiary/aromatic N) is 2. The lowest BCUT2D eigenvalue weighted by Gasteiger charge is -2.27. The highest BCUT2D eigenvalue weighted by molar-refractivity contribution is 7.10. The van der Waals surface area contributed by atoms with E-state index in [2.05, 4.69) is 29.6 Å². The fourth-order valence-corrected chi connectivity index (χ4v) is 6.64. The number of hydrogen-bond acceptors (Lipinski definition) is 6. The zero-order chi connectivity index (χ0) is 28.6. The van der Waals surface area contributed by atoms with Crippen LogP contribution < -0.4 is 5.32 Å². The van der Waals surface area contributed by atoms with Crippen molar-refractivity contribution < 1.29 is 19.1 Å². The molecule has 1 N–H and O–H groups in total. The lowest BCUT2D eigenvalue weighted by Crippen LogP contribution is -2.41. The Morgan fingerprint density at radius 2 is 1.59 bits per heavy atom. The Hall–Kier alpha value is -4.17. The number of benzene rings is 3. The van der Waals surface area contributed by atoms with Gasteiger partial charge in [0.25, 0.3) is 0 Å². The molecule has 6 rings (SSSR count). The molecule has 1 aliphatic heterocycles. The quantitative estimate of drug-likeness (QED) is 0.272. The van der Waals surface area contributed by atoms with Crippen LogP contribution in [0.5, 0.6) is 0 Å². The lowest BCUT2D eigenvalue weighted by molar-refractivity contribution is 0.0220. The first kappa shape index (κ1) is 27.0. The zero-order valence-corrected chi connectivity index (χ0v) is 24.2. The summed E-state index contributed by atoms with van der Waals surface area (Å²) in [6.45, 7) is 6.08. The van der Waals surface area contributed by atoms with E-state index >= 15 is 0 Å². The highest BCUT2D eigenvalue weighted by Gasteiger charge is 2.41. The van der Waals surface area contributed by atoms with Crippen molar-refractivity contribution in [1.82, 2.24) is 15.2 Å². The molecular formula is C33H33N3O4S. The minimum absolute atomic E-state index is 0.0190. The van der Waals surface area contributed by atoms with Gasteiger partial charge in [0.15, 0.2) is 0 Å². The summed E-state index contributed by atoms with van der Waals surface area (Å²) in [5, 5.41) is 5.82. The first-order valence-electron chi connectivity index (χ1n) is 13.9. The van der Waals surface area contributed by atoms with Crippen LogP contribution in [0, 0.1) is 0 Å². The number of carbonyl (C=O) groups is 2. The molecule has 0 saturated carbocycles. The van der Waals surface area contributed by atoms with Gasteiger partial charge < -0.3 is 14.8 Å². The van der Waals surface area contributed by atoms with Crippen molar-refractivity contribution in [3.63, 3.8) is 0 Å². The second-order valence-corrected chi connectivity index (χ2v) is 12.4. The number of likely N-dealkylation sites (tertiary alicyclic amines) is 1. The number of hydrogen-bond donors (Lipinski definition) is 1. The summed E-state index contributed by atoms with van der Waals surface area (Å²) in [5.74, 6) is -0.0190. The number of ether oxygens (including phenoxy) is 2. The van der Waals surface area contributed by atoms with Crippen molar-refractivity contribution in [2.24, 2.45) is 0 Å². The van der Waals surface area contributed by atoms with Gasteiger partial charge in [-0.15, -0.1) is 11.3 Å². The predicted molar refractivity (Wildman–Crippen MR) is 160 cm³/mol. The van der Waals surface area contributed by atoms with Crippen LogP contribution in [-0.4, -0.2) is 46.9 Å². The summed E-state index contributed by atoms with van der Waals surface area (Å²) < 4.78 is 11.5. The number of amides is 2. The average Bonchev–Trinajstić information content (AvgIpc) is 3.68. The molecule has 0 spiro atoms. The van der Waals surface area contributed by atoms with Gasteiger partial charge >= 0.3 is 12.2 Å². The molecule has 8 heteroatoms. The third kappa shape index (κ3) is 5.70. The van der Waals surface area contributed by atoms with Gasteiger partial charge in [0.05, 0.1) is 17.8 Å². The molecule has 1 aliphatic carbocycles. The topological polar surface area (TPSA) is 80.8 Å². The summed E-state index contributed by atoms with van der Waals surface area (Å²) in [6.07, 6.45) is -0.396. The van der Waals surface area contributed by atoms with E-state index in [1.54, 1.807) is 4.90 Å². The predicted octanol–water partition coefficient (Wildman–Crippen LogP) is 7.40. The second-order valence-electron chi connectivity index (χ2n) is 11.5. The fraction of sp³-hybridized carbons (Fsp3) is 0.303. The molecule has 41 heavy (non-hydrogen) atoms. The normalized spacial score (nSPS) is 18.1. The van der Waals surface area contributed by atoms with Crippen LogP contribution in [0.15, 0.2) is 84.2 Å². The summed E-state index contributed by atoms with van der Waals surface area (Å²) in [6, 6.07) is 25.9. The summed E-state index contributed by atoms with van der Waals surface area (Å²) >= 11 is 1.51. The zero-order valence-electron chi connectivity index (χ0n) is 23.4. The Labute approximate surface area is 244 Å². The number of alkyl carbamates (subject to hydrolysis) is 1. The largest absolute Gasteiger partial charge is 0.449 e. The molecule has 1 aromatic heterocycles. The maximum Gasteiger partial charge on any atom is 0.410 e. The molecule has 2 heterocycles. The molecule has 0 bridgehead atoms. The van der Waals surface area contributed by atoms with Gasteiger partial charge in [-0.1, -0.05) is 78.9 Å². The van der Waals surface area contributed by atoms with E-state index in [4.69, 9.17) is 14.5 Å². The number of thiazole rings is 1. The minimum atomic E-state index is -0.641.